The fraction of sp³-hybridized carbons (Fsp3) is 0.917. The van der Waals surface area contributed by atoms with E-state index in [9.17, 15) is 9.90 Å². The molecule has 3 unspecified atom stereocenters. The second kappa shape index (κ2) is 6.86. The Morgan fingerprint density at radius 2 is 2.31 bits per heavy atom. The first-order valence-electron chi connectivity index (χ1n) is 6.16. The highest BCUT2D eigenvalue weighted by Crippen LogP contribution is 2.23. The van der Waals surface area contributed by atoms with Crippen molar-refractivity contribution in [1.82, 2.24) is 5.32 Å². The summed E-state index contributed by atoms with van der Waals surface area (Å²) < 4.78 is 4.71. The van der Waals surface area contributed by atoms with E-state index in [1.165, 1.54) is 7.11 Å². The summed E-state index contributed by atoms with van der Waals surface area (Å²) in [6.07, 6.45) is 4.58. The molecule has 1 saturated carbocycles. The first-order chi connectivity index (χ1) is 7.67. The van der Waals surface area contributed by atoms with E-state index >= 15 is 0 Å². The maximum absolute atomic E-state index is 11.3. The molecule has 94 valence electrons. The lowest BCUT2D eigenvalue weighted by Gasteiger charge is -2.27. The fourth-order valence-electron chi connectivity index (χ4n) is 2.29. The molecule has 0 amide bonds. The lowest BCUT2D eigenvalue weighted by Crippen LogP contribution is -2.41. The molecule has 0 aromatic rings. The molecule has 0 radical (unpaired) electrons. The van der Waals surface area contributed by atoms with Crippen LogP contribution in [0.3, 0.4) is 0 Å². The van der Waals surface area contributed by atoms with Crippen LogP contribution in [0.25, 0.3) is 0 Å². The zero-order valence-electron chi connectivity index (χ0n) is 10.2. The summed E-state index contributed by atoms with van der Waals surface area (Å²) in [5, 5.41) is 12.8. The molecule has 0 heterocycles. The van der Waals surface area contributed by atoms with Gasteiger partial charge in [0, 0.05) is 0 Å². The van der Waals surface area contributed by atoms with Crippen LogP contribution in [0.4, 0.5) is 0 Å². The van der Waals surface area contributed by atoms with Gasteiger partial charge in [0.05, 0.1) is 13.2 Å². The molecule has 1 aliphatic carbocycles. The van der Waals surface area contributed by atoms with Gasteiger partial charge in [-0.3, -0.25) is 4.79 Å². The summed E-state index contributed by atoms with van der Waals surface area (Å²) in [7, 11) is 1.41. The number of rotatable bonds is 5. The van der Waals surface area contributed by atoms with Gasteiger partial charge >= 0.3 is 5.97 Å². The van der Waals surface area contributed by atoms with Crippen molar-refractivity contribution < 1.29 is 14.6 Å². The molecule has 0 aromatic carbocycles. The van der Waals surface area contributed by atoms with Crippen molar-refractivity contribution in [3.05, 3.63) is 0 Å². The number of methoxy groups -OCH3 is 1. The number of esters is 1. The van der Waals surface area contributed by atoms with Crippen molar-refractivity contribution in [1.29, 1.82) is 0 Å². The molecule has 0 aromatic heterocycles. The summed E-state index contributed by atoms with van der Waals surface area (Å²) in [5.74, 6) is 0.293. The summed E-state index contributed by atoms with van der Waals surface area (Å²) in [5.41, 5.74) is 0. The molecule has 1 fully saturated rings. The predicted molar refractivity (Wildman–Crippen MR) is 62.1 cm³/mol. The maximum Gasteiger partial charge on any atom is 0.322 e. The Bertz CT molecular complexity index is 220. The summed E-state index contributed by atoms with van der Waals surface area (Å²) >= 11 is 0. The van der Waals surface area contributed by atoms with Crippen LogP contribution in [0.15, 0.2) is 0 Å². The average Bonchev–Trinajstić information content (AvgIpc) is 2.29. The van der Waals surface area contributed by atoms with Crippen LogP contribution < -0.4 is 5.32 Å². The Hall–Kier alpha value is -0.610. The average molecular weight is 229 g/mol. The minimum absolute atomic E-state index is 0.154. The maximum atomic E-state index is 11.3. The first kappa shape index (κ1) is 13.5. The molecular weight excluding hydrogens is 206 g/mol. The molecule has 4 nitrogen and oxygen atoms in total. The zero-order chi connectivity index (χ0) is 12.0. The number of carbonyl (C=O) groups is 1. The van der Waals surface area contributed by atoms with Gasteiger partial charge in [0.2, 0.25) is 0 Å². The lowest BCUT2D eigenvalue weighted by atomic mass is 9.87. The molecule has 0 bridgehead atoms. The third-order valence-electron chi connectivity index (χ3n) is 3.30. The van der Waals surface area contributed by atoms with E-state index in [0.717, 1.165) is 38.6 Å². The van der Waals surface area contributed by atoms with Crippen LogP contribution in [0.5, 0.6) is 0 Å². The van der Waals surface area contributed by atoms with Gasteiger partial charge in [-0.1, -0.05) is 13.3 Å². The predicted octanol–water partition coefficient (Wildman–Crippen LogP) is 1.08. The van der Waals surface area contributed by atoms with Crippen LogP contribution >= 0.6 is 0 Å². The van der Waals surface area contributed by atoms with Crippen LogP contribution in [-0.2, 0) is 9.53 Å². The molecule has 0 aliphatic heterocycles. The lowest BCUT2D eigenvalue weighted by molar-refractivity contribution is -0.143. The van der Waals surface area contributed by atoms with Gasteiger partial charge in [0.15, 0.2) is 0 Å². The highest BCUT2D eigenvalue weighted by atomic mass is 16.5. The molecular formula is C12H23NO3. The van der Waals surface area contributed by atoms with Gasteiger partial charge in [-0.05, 0) is 38.1 Å². The van der Waals surface area contributed by atoms with Crippen molar-refractivity contribution in [2.75, 3.05) is 13.7 Å². The van der Waals surface area contributed by atoms with E-state index in [1.54, 1.807) is 0 Å². The van der Waals surface area contributed by atoms with Gasteiger partial charge in [-0.2, -0.15) is 0 Å². The molecule has 1 aliphatic rings. The highest BCUT2D eigenvalue weighted by Gasteiger charge is 2.22. The van der Waals surface area contributed by atoms with Crippen LogP contribution in [0.1, 0.15) is 39.0 Å². The number of hydrogen-bond acceptors (Lipinski definition) is 4. The van der Waals surface area contributed by atoms with Gasteiger partial charge in [0.1, 0.15) is 6.04 Å². The molecule has 4 heteroatoms. The van der Waals surface area contributed by atoms with Crippen molar-refractivity contribution in [3.8, 4) is 0 Å². The van der Waals surface area contributed by atoms with E-state index in [4.69, 9.17) is 4.74 Å². The standard InChI is InChI=1S/C12H23NO3/c1-3-11(12(15)16-2)13-8-9-5-4-6-10(14)7-9/h9-11,13-14H,3-8H2,1-2H3. The quantitative estimate of drug-likeness (QED) is 0.693. The number of ether oxygens (including phenoxy) is 1. The summed E-state index contributed by atoms with van der Waals surface area (Å²) in [4.78, 5) is 11.3. The molecule has 0 saturated heterocycles. The molecule has 3 atom stereocenters. The zero-order valence-corrected chi connectivity index (χ0v) is 10.2. The molecule has 16 heavy (non-hydrogen) atoms. The van der Waals surface area contributed by atoms with E-state index in [2.05, 4.69) is 5.32 Å². The number of aliphatic hydroxyl groups excluding tert-OH is 1. The third kappa shape index (κ3) is 4.10. The number of aliphatic hydroxyl groups is 1. The molecule has 1 rings (SSSR count). The van der Waals surface area contributed by atoms with Crippen LogP contribution in [0.2, 0.25) is 0 Å². The number of carbonyl (C=O) groups excluding carboxylic acids is 1. The van der Waals surface area contributed by atoms with Crippen molar-refractivity contribution in [3.63, 3.8) is 0 Å². The topological polar surface area (TPSA) is 58.6 Å². The highest BCUT2D eigenvalue weighted by molar-refractivity contribution is 5.75. The van der Waals surface area contributed by atoms with E-state index < -0.39 is 0 Å². The van der Waals surface area contributed by atoms with Crippen LogP contribution in [0, 0.1) is 5.92 Å². The summed E-state index contributed by atoms with van der Waals surface area (Å²) in [6.45, 7) is 2.76. The minimum atomic E-state index is -0.205. The van der Waals surface area contributed by atoms with E-state index in [1.807, 2.05) is 6.92 Å². The van der Waals surface area contributed by atoms with Crippen molar-refractivity contribution in [2.24, 2.45) is 5.92 Å². The smallest absolute Gasteiger partial charge is 0.322 e. The minimum Gasteiger partial charge on any atom is -0.468 e. The Morgan fingerprint density at radius 3 is 2.88 bits per heavy atom. The Balaban J connectivity index is 2.28. The third-order valence-corrected chi connectivity index (χ3v) is 3.30. The summed E-state index contributed by atoms with van der Waals surface area (Å²) in [6, 6.07) is -0.205. The Labute approximate surface area is 97.4 Å². The van der Waals surface area contributed by atoms with Crippen LogP contribution in [-0.4, -0.2) is 36.9 Å². The van der Waals surface area contributed by atoms with Crippen molar-refractivity contribution in [2.45, 2.75) is 51.2 Å². The number of hydrogen-bond donors (Lipinski definition) is 2. The largest absolute Gasteiger partial charge is 0.468 e. The monoisotopic (exact) mass is 229 g/mol. The van der Waals surface area contributed by atoms with E-state index in [-0.39, 0.29) is 18.1 Å². The molecule has 0 spiro atoms. The molecule has 2 N–H and O–H groups in total. The van der Waals surface area contributed by atoms with Gasteiger partial charge in [-0.15, -0.1) is 0 Å². The normalized spacial score (nSPS) is 27.4. The van der Waals surface area contributed by atoms with Gasteiger partial charge < -0.3 is 15.2 Å². The van der Waals surface area contributed by atoms with E-state index in [0.29, 0.717) is 5.92 Å². The van der Waals surface area contributed by atoms with Crippen molar-refractivity contribution >= 4 is 5.97 Å². The Morgan fingerprint density at radius 1 is 1.56 bits per heavy atom. The van der Waals surface area contributed by atoms with Gasteiger partial charge in [-0.25, -0.2) is 0 Å². The second-order valence-corrected chi connectivity index (χ2v) is 4.58. The Kier molecular flexibility index (Phi) is 5.77. The number of nitrogens with one attached hydrogen (secondary N) is 1. The second-order valence-electron chi connectivity index (χ2n) is 4.58. The van der Waals surface area contributed by atoms with Gasteiger partial charge in [0.25, 0.3) is 0 Å². The fourth-order valence-corrected chi connectivity index (χ4v) is 2.29. The first-order valence-corrected chi connectivity index (χ1v) is 6.16. The SMILES string of the molecule is CCC(NCC1CCCC(O)C1)C(=O)OC.